The Labute approximate surface area is 225 Å². The number of para-hydroxylation sites is 3. The summed E-state index contributed by atoms with van der Waals surface area (Å²) in [5.74, 6) is 0.713. The first kappa shape index (κ1) is 26.3. The maximum atomic E-state index is 13.8. The van der Waals surface area contributed by atoms with Crippen molar-refractivity contribution in [3.63, 3.8) is 0 Å². The van der Waals surface area contributed by atoms with Crippen LogP contribution in [0.1, 0.15) is 38.3 Å². The van der Waals surface area contributed by atoms with Gasteiger partial charge in [0.2, 0.25) is 5.91 Å². The number of carbonyl (C=O) groups is 2. The normalized spacial score (nSPS) is 21.2. The maximum Gasteiger partial charge on any atom is 0.239 e. The number of nitrogens with zero attached hydrogens (tertiary/aromatic N) is 2. The fraction of sp³-hybridized carbons (Fsp3) is 0.467. The number of anilines is 2. The molecule has 1 aliphatic carbocycles. The van der Waals surface area contributed by atoms with Gasteiger partial charge in [0.1, 0.15) is 5.75 Å². The summed E-state index contributed by atoms with van der Waals surface area (Å²) in [5, 5.41) is 6.71. The Hall–Kier alpha value is -3.36. The predicted molar refractivity (Wildman–Crippen MR) is 148 cm³/mol. The largest absolute Gasteiger partial charge is 0.496 e. The van der Waals surface area contributed by atoms with Crippen molar-refractivity contribution in [3.05, 3.63) is 65.4 Å². The lowest BCUT2D eigenvalue weighted by Crippen LogP contribution is -2.45. The molecule has 1 atom stereocenters. The topological polar surface area (TPSA) is 83.1 Å². The van der Waals surface area contributed by atoms with Gasteiger partial charge in [-0.05, 0) is 30.0 Å². The minimum Gasteiger partial charge on any atom is -0.496 e. The summed E-state index contributed by atoms with van der Waals surface area (Å²) >= 11 is 0. The fourth-order valence-electron chi connectivity index (χ4n) is 5.83. The van der Waals surface area contributed by atoms with Crippen molar-refractivity contribution in [3.8, 4) is 5.75 Å². The summed E-state index contributed by atoms with van der Waals surface area (Å²) < 4.78 is 11.2. The van der Waals surface area contributed by atoms with Crippen LogP contribution in [0.5, 0.6) is 5.75 Å². The van der Waals surface area contributed by atoms with Crippen LogP contribution in [-0.2, 0) is 14.3 Å². The number of methoxy groups -OCH3 is 1. The minimum atomic E-state index is -0.467. The molecule has 2 N–H and O–H groups in total. The number of amides is 1. The number of ketones is 1. The third-order valence-corrected chi connectivity index (χ3v) is 7.61. The van der Waals surface area contributed by atoms with E-state index in [2.05, 4.69) is 34.3 Å². The van der Waals surface area contributed by atoms with Crippen LogP contribution in [0, 0.1) is 5.41 Å². The summed E-state index contributed by atoms with van der Waals surface area (Å²) in [5.41, 5.74) is 4.12. The zero-order valence-corrected chi connectivity index (χ0v) is 22.6. The van der Waals surface area contributed by atoms with Gasteiger partial charge in [-0.2, -0.15) is 0 Å². The Kier molecular flexibility index (Phi) is 7.72. The van der Waals surface area contributed by atoms with Crippen molar-refractivity contribution < 1.29 is 19.1 Å². The third-order valence-electron chi connectivity index (χ3n) is 7.61. The summed E-state index contributed by atoms with van der Waals surface area (Å²) in [6.07, 6.45) is 1.20. The number of allylic oxidation sites excluding steroid dienone is 1. The van der Waals surface area contributed by atoms with Gasteiger partial charge in [-0.25, -0.2) is 0 Å². The van der Waals surface area contributed by atoms with Gasteiger partial charge in [-0.15, -0.1) is 0 Å². The zero-order valence-electron chi connectivity index (χ0n) is 22.6. The molecule has 1 unspecified atom stereocenters. The third kappa shape index (κ3) is 5.56. The van der Waals surface area contributed by atoms with E-state index in [4.69, 9.17) is 9.47 Å². The van der Waals surface area contributed by atoms with Crippen LogP contribution in [0.4, 0.5) is 11.4 Å². The molecular weight excluding hydrogens is 480 g/mol. The number of benzene rings is 2. The van der Waals surface area contributed by atoms with E-state index in [0.29, 0.717) is 24.3 Å². The van der Waals surface area contributed by atoms with E-state index in [1.807, 2.05) is 48.5 Å². The molecule has 5 rings (SSSR count). The predicted octanol–water partition coefficient (Wildman–Crippen LogP) is 3.76. The Balaban J connectivity index is 1.52. The maximum absolute atomic E-state index is 13.8. The van der Waals surface area contributed by atoms with Crippen LogP contribution < -0.4 is 20.3 Å². The van der Waals surface area contributed by atoms with Gasteiger partial charge in [0.05, 0.1) is 44.3 Å². The van der Waals surface area contributed by atoms with E-state index >= 15 is 0 Å². The van der Waals surface area contributed by atoms with Crippen LogP contribution >= 0.6 is 0 Å². The van der Waals surface area contributed by atoms with E-state index in [9.17, 15) is 9.59 Å². The molecule has 8 nitrogen and oxygen atoms in total. The van der Waals surface area contributed by atoms with E-state index in [0.717, 1.165) is 61.9 Å². The van der Waals surface area contributed by atoms with Crippen molar-refractivity contribution in [2.24, 2.45) is 5.41 Å². The number of fused-ring (bicyclic) bond motifs is 1. The quantitative estimate of drug-likeness (QED) is 0.578. The second-order valence-corrected chi connectivity index (χ2v) is 11.1. The van der Waals surface area contributed by atoms with Crippen molar-refractivity contribution in [1.29, 1.82) is 0 Å². The molecule has 2 heterocycles. The van der Waals surface area contributed by atoms with Gasteiger partial charge < -0.3 is 25.0 Å². The molecule has 3 aliphatic rings. The number of hydrogen-bond acceptors (Lipinski definition) is 7. The fourth-order valence-corrected chi connectivity index (χ4v) is 5.83. The number of nitrogens with one attached hydrogen (secondary N) is 2. The Morgan fingerprint density at radius 2 is 1.84 bits per heavy atom. The van der Waals surface area contributed by atoms with Gasteiger partial charge in [-0.1, -0.05) is 44.2 Å². The number of ether oxygens (including phenoxy) is 2. The Morgan fingerprint density at radius 1 is 1.11 bits per heavy atom. The molecule has 0 aromatic heterocycles. The first-order chi connectivity index (χ1) is 18.4. The molecule has 8 heteroatoms. The second-order valence-electron chi connectivity index (χ2n) is 11.1. The number of Topliss-reactive ketones (excluding diaryl/α,β-unsaturated/α-hetero) is 1. The lowest BCUT2D eigenvalue weighted by Gasteiger charge is -2.38. The first-order valence-corrected chi connectivity index (χ1v) is 13.4. The highest BCUT2D eigenvalue weighted by atomic mass is 16.5. The van der Waals surface area contributed by atoms with Crippen LogP contribution in [0.2, 0.25) is 0 Å². The van der Waals surface area contributed by atoms with Crippen molar-refractivity contribution >= 4 is 23.1 Å². The van der Waals surface area contributed by atoms with E-state index in [1.165, 1.54) is 0 Å². The monoisotopic (exact) mass is 518 g/mol. The lowest BCUT2D eigenvalue weighted by molar-refractivity contribution is -0.120. The molecule has 0 bridgehead atoms. The highest BCUT2D eigenvalue weighted by molar-refractivity contribution is 6.02. The highest BCUT2D eigenvalue weighted by Gasteiger charge is 2.42. The van der Waals surface area contributed by atoms with Gasteiger partial charge in [0.25, 0.3) is 0 Å². The molecule has 0 spiro atoms. The number of rotatable bonds is 7. The average molecular weight is 519 g/mol. The summed E-state index contributed by atoms with van der Waals surface area (Å²) in [6.45, 7) is 8.94. The van der Waals surface area contributed by atoms with E-state index in [1.54, 1.807) is 7.11 Å². The highest BCUT2D eigenvalue weighted by Crippen LogP contribution is 2.49. The SMILES string of the molecule is COc1ccccc1C1C2=C(CC(C)(C)CC2=O)Nc2ccccc2N1CC(=O)NCCN1CCOCC1. The molecule has 0 saturated carbocycles. The molecule has 2 aromatic carbocycles. The van der Waals surface area contributed by atoms with Crippen LogP contribution in [-0.4, -0.2) is 69.6 Å². The molecular formula is C30H38N4O4. The van der Waals surface area contributed by atoms with Gasteiger partial charge in [0.15, 0.2) is 5.78 Å². The van der Waals surface area contributed by atoms with Crippen molar-refractivity contribution in [2.45, 2.75) is 32.7 Å². The van der Waals surface area contributed by atoms with Gasteiger partial charge in [-0.3, -0.25) is 14.5 Å². The lowest BCUT2D eigenvalue weighted by atomic mass is 9.73. The molecule has 38 heavy (non-hydrogen) atoms. The van der Waals surface area contributed by atoms with Crippen LogP contribution in [0.25, 0.3) is 0 Å². The smallest absolute Gasteiger partial charge is 0.239 e. The molecule has 1 saturated heterocycles. The van der Waals surface area contributed by atoms with Crippen molar-refractivity contribution in [2.75, 3.05) is 63.3 Å². The van der Waals surface area contributed by atoms with Crippen LogP contribution in [0.3, 0.4) is 0 Å². The minimum absolute atomic E-state index is 0.0828. The average Bonchev–Trinajstić information content (AvgIpc) is 3.03. The number of morpholine rings is 1. The molecule has 1 amide bonds. The first-order valence-electron chi connectivity index (χ1n) is 13.4. The number of hydrogen-bond donors (Lipinski definition) is 2. The Bertz CT molecular complexity index is 1220. The van der Waals surface area contributed by atoms with Gasteiger partial charge >= 0.3 is 0 Å². The number of carbonyl (C=O) groups excluding carboxylic acids is 2. The van der Waals surface area contributed by atoms with Gasteiger partial charge in [0, 0.05) is 49.4 Å². The van der Waals surface area contributed by atoms with Crippen LogP contribution in [0.15, 0.2) is 59.8 Å². The summed E-state index contributed by atoms with van der Waals surface area (Å²) in [6, 6.07) is 15.3. The standard InChI is InChI=1S/C30H38N4O4/c1-30(2)18-23-28(25(35)19-30)29(21-8-4-7-11-26(21)37-3)34(24-10-6-5-9-22(24)32-23)20-27(36)31-12-13-33-14-16-38-17-15-33/h4-11,29,32H,12-20H2,1-3H3,(H,31,36). The van der Waals surface area contributed by atoms with Crippen molar-refractivity contribution in [1.82, 2.24) is 10.2 Å². The molecule has 2 aliphatic heterocycles. The molecule has 2 aromatic rings. The van der Waals surface area contributed by atoms with E-state index < -0.39 is 6.04 Å². The molecule has 202 valence electrons. The van der Waals surface area contributed by atoms with E-state index in [-0.39, 0.29) is 23.7 Å². The second kappa shape index (κ2) is 11.2. The Morgan fingerprint density at radius 3 is 2.63 bits per heavy atom. The zero-order chi connectivity index (χ0) is 26.7. The summed E-state index contributed by atoms with van der Waals surface area (Å²) in [4.78, 5) is 31.6. The summed E-state index contributed by atoms with van der Waals surface area (Å²) in [7, 11) is 1.64. The molecule has 1 fully saturated rings. The molecule has 0 radical (unpaired) electrons.